The third-order valence-electron chi connectivity index (χ3n) is 3.36. The molecule has 1 aromatic heterocycles. The molecule has 0 radical (unpaired) electrons. The molecular weight excluding hydrogens is 343 g/mol. The average molecular weight is 354 g/mol. The minimum Gasteiger partial charge on any atom is -0.340 e. The summed E-state index contributed by atoms with van der Waals surface area (Å²) in [5, 5.41) is 5.30. The molecule has 1 amide bonds. The van der Waals surface area contributed by atoms with Gasteiger partial charge in [-0.1, -0.05) is 40.9 Å². The molecule has 0 aliphatic heterocycles. The molecule has 22 heavy (non-hydrogen) atoms. The molecule has 2 aromatic carbocycles. The number of aromatic nitrogens is 1. The Labute approximate surface area is 142 Å². The first-order chi connectivity index (χ1) is 10.4. The number of benzene rings is 2. The lowest BCUT2D eigenvalue weighted by Crippen LogP contribution is -2.15. The Kier molecular flexibility index (Phi) is 4.04. The molecule has 6 heteroatoms. The van der Waals surface area contributed by atoms with Gasteiger partial charge in [0.2, 0.25) is 0 Å². The SMILES string of the molecule is Cn1c(C(=O)Nc2cc(Cl)cc(Cl)c2)cc2ccc(Cl)cc21. The van der Waals surface area contributed by atoms with Gasteiger partial charge in [0, 0.05) is 38.7 Å². The first-order valence-corrected chi connectivity index (χ1v) is 7.60. The van der Waals surface area contributed by atoms with E-state index in [0.717, 1.165) is 10.9 Å². The maximum Gasteiger partial charge on any atom is 0.272 e. The second-order valence-corrected chi connectivity index (χ2v) is 6.21. The van der Waals surface area contributed by atoms with Crippen LogP contribution in [0.25, 0.3) is 10.9 Å². The molecule has 0 atom stereocenters. The molecule has 0 unspecified atom stereocenters. The first-order valence-electron chi connectivity index (χ1n) is 6.46. The van der Waals surface area contributed by atoms with Crippen molar-refractivity contribution in [2.75, 3.05) is 5.32 Å². The molecule has 1 heterocycles. The van der Waals surface area contributed by atoms with Gasteiger partial charge in [0.05, 0.1) is 0 Å². The fraction of sp³-hybridized carbons (Fsp3) is 0.0625. The minimum atomic E-state index is -0.242. The predicted molar refractivity (Wildman–Crippen MR) is 92.3 cm³/mol. The second-order valence-electron chi connectivity index (χ2n) is 4.90. The van der Waals surface area contributed by atoms with E-state index in [1.165, 1.54) is 0 Å². The number of aryl methyl sites for hydroxylation is 1. The molecule has 0 bridgehead atoms. The lowest BCUT2D eigenvalue weighted by molar-refractivity contribution is 0.102. The van der Waals surface area contributed by atoms with Crippen LogP contribution in [0.1, 0.15) is 10.5 Å². The lowest BCUT2D eigenvalue weighted by Gasteiger charge is -2.07. The minimum absolute atomic E-state index is 0.242. The number of fused-ring (bicyclic) bond motifs is 1. The van der Waals surface area contributed by atoms with E-state index in [9.17, 15) is 4.79 Å². The van der Waals surface area contributed by atoms with Crippen molar-refractivity contribution >= 4 is 57.3 Å². The Morgan fingerprint density at radius 2 is 1.64 bits per heavy atom. The highest BCUT2D eigenvalue weighted by Gasteiger charge is 2.14. The molecule has 0 fully saturated rings. The molecule has 0 saturated carbocycles. The molecule has 3 nitrogen and oxygen atoms in total. The summed E-state index contributed by atoms with van der Waals surface area (Å²) in [5.74, 6) is -0.242. The third-order valence-corrected chi connectivity index (χ3v) is 4.03. The second kappa shape index (κ2) is 5.84. The highest BCUT2D eigenvalue weighted by atomic mass is 35.5. The van der Waals surface area contributed by atoms with Gasteiger partial charge in [0.15, 0.2) is 0 Å². The Balaban J connectivity index is 1.96. The van der Waals surface area contributed by atoms with Gasteiger partial charge in [-0.15, -0.1) is 0 Å². The zero-order valence-electron chi connectivity index (χ0n) is 11.5. The molecule has 0 aliphatic carbocycles. The number of anilines is 1. The van der Waals surface area contributed by atoms with Gasteiger partial charge < -0.3 is 9.88 Å². The van der Waals surface area contributed by atoms with Gasteiger partial charge in [-0.05, 0) is 36.4 Å². The summed E-state index contributed by atoms with van der Waals surface area (Å²) in [4.78, 5) is 12.5. The van der Waals surface area contributed by atoms with Crippen LogP contribution >= 0.6 is 34.8 Å². The topological polar surface area (TPSA) is 34.0 Å². The van der Waals surface area contributed by atoms with Crippen LogP contribution in [0, 0.1) is 0 Å². The van der Waals surface area contributed by atoms with E-state index >= 15 is 0 Å². The summed E-state index contributed by atoms with van der Waals surface area (Å²) < 4.78 is 1.79. The average Bonchev–Trinajstić information content (AvgIpc) is 2.75. The fourth-order valence-corrected chi connectivity index (χ4v) is 3.03. The molecule has 3 aromatic rings. The Morgan fingerprint density at radius 1 is 0.955 bits per heavy atom. The predicted octanol–water partition coefficient (Wildman–Crippen LogP) is 5.39. The van der Waals surface area contributed by atoms with Gasteiger partial charge in [0.25, 0.3) is 5.91 Å². The van der Waals surface area contributed by atoms with Crippen molar-refractivity contribution in [2.45, 2.75) is 0 Å². The Hall–Kier alpha value is -1.68. The smallest absolute Gasteiger partial charge is 0.272 e. The number of halogens is 3. The van der Waals surface area contributed by atoms with Crippen molar-refractivity contribution in [3.8, 4) is 0 Å². The van der Waals surface area contributed by atoms with Crippen LogP contribution in [0.2, 0.25) is 15.1 Å². The van der Waals surface area contributed by atoms with Crippen molar-refractivity contribution in [2.24, 2.45) is 7.05 Å². The van der Waals surface area contributed by atoms with E-state index < -0.39 is 0 Å². The number of hydrogen-bond acceptors (Lipinski definition) is 1. The summed E-state index contributed by atoms with van der Waals surface area (Å²) >= 11 is 17.9. The van der Waals surface area contributed by atoms with Crippen LogP contribution in [-0.2, 0) is 7.05 Å². The molecule has 0 saturated heterocycles. The van der Waals surface area contributed by atoms with E-state index in [2.05, 4.69) is 5.32 Å². The van der Waals surface area contributed by atoms with Crippen molar-refractivity contribution in [3.63, 3.8) is 0 Å². The number of carbonyl (C=O) groups is 1. The molecule has 112 valence electrons. The largest absolute Gasteiger partial charge is 0.340 e. The number of amides is 1. The zero-order chi connectivity index (χ0) is 15.9. The van der Waals surface area contributed by atoms with Gasteiger partial charge in [0.1, 0.15) is 5.69 Å². The lowest BCUT2D eigenvalue weighted by atomic mass is 10.2. The van der Waals surface area contributed by atoms with Crippen molar-refractivity contribution in [3.05, 3.63) is 63.2 Å². The summed E-state index contributed by atoms with van der Waals surface area (Å²) in [7, 11) is 1.82. The van der Waals surface area contributed by atoms with Crippen LogP contribution in [0.5, 0.6) is 0 Å². The van der Waals surface area contributed by atoms with E-state index in [4.69, 9.17) is 34.8 Å². The van der Waals surface area contributed by atoms with Gasteiger partial charge in [-0.2, -0.15) is 0 Å². The fourth-order valence-electron chi connectivity index (χ4n) is 2.34. The molecule has 0 spiro atoms. The van der Waals surface area contributed by atoms with E-state index in [1.54, 1.807) is 28.8 Å². The molecular formula is C16H11Cl3N2O. The summed E-state index contributed by atoms with van der Waals surface area (Å²) in [6.07, 6.45) is 0. The van der Waals surface area contributed by atoms with Gasteiger partial charge in [-0.25, -0.2) is 0 Å². The number of nitrogens with zero attached hydrogens (tertiary/aromatic N) is 1. The van der Waals surface area contributed by atoms with Gasteiger partial charge >= 0.3 is 0 Å². The van der Waals surface area contributed by atoms with Crippen molar-refractivity contribution in [1.29, 1.82) is 0 Å². The number of hydrogen-bond donors (Lipinski definition) is 1. The number of carbonyl (C=O) groups excluding carboxylic acids is 1. The van der Waals surface area contributed by atoms with Crippen LogP contribution in [0.4, 0.5) is 5.69 Å². The van der Waals surface area contributed by atoms with Crippen LogP contribution in [0.3, 0.4) is 0 Å². The van der Waals surface area contributed by atoms with Crippen molar-refractivity contribution < 1.29 is 4.79 Å². The normalized spacial score (nSPS) is 10.9. The van der Waals surface area contributed by atoms with Crippen molar-refractivity contribution in [1.82, 2.24) is 4.57 Å². The highest BCUT2D eigenvalue weighted by molar-refractivity contribution is 6.35. The van der Waals surface area contributed by atoms with Crippen LogP contribution in [0.15, 0.2) is 42.5 Å². The van der Waals surface area contributed by atoms with E-state index in [1.807, 2.05) is 25.2 Å². The third kappa shape index (κ3) is 2.93. The summed E-state index contributed by atoms with van der Waals surface area (Å²) in [5.41, 5.74) is 1.96. The zero-order valence-corrected chi connectivity index (χ0v) is 13.8. The maximum atomic E-state index is 12.5. The van der Waals surface area contributed by atoms with Crippen LogP contribution in [-0.4, -0.2) is 10.5 Å². The maximum absolute atomic E-state index is 12.5. The highest BCUT2D eigenvalue weighted by Crippen LogP contribution is 2.25. The van der Waals surface area contributed by atoms with E-state index in [-0.39, 0.29) is 5.91 Å². The quantitative estimate of drug-likeness (QED) is 0.658. The molecule has 0 aliphatic rings. The molecule has 1 N–H and O–H groups in total. The molecule has 3 rings (SSSR count). The number of rotatable bonds is 2. The number of nitrogens with one attached hydrogen (secondary N) is 1. The Morgan fingerprint density at radius 3 is 2.32 bits per heavy atom. The summed E-state index contributed by atoms with van der Waals surface area (Å²) in [6.45, 7) is 0. The summed E-state index contributed by atoms with van der Waals surface area (Å²) in [6, 6.07) is 12.2. The Bertz CT molecular complexity index is 866. The van der Waals surface area contributed by atoms with Gasteiger partial charge in [-0.3, -0.25) is 4.79 Å². The monoisotopic (exact) mass is 352 g/mol. The standard InChI is InChI=1S/C16H11Cl3N2O/c1-21-14-8-10(17)3-2-9(14)4-15(21)16(22)20-13-6-11(18)5-12(19)7-13/h2-8H,1H3,(H,20,22). The van der Waals surface area contributed by atoms with Crippen LogP contribution < -0.4 is 5.32 Å². The van der Waals surface area contributed by atoms with E-state index in [0.29, 0.717) is 26.4 Å². The first kappa shape index (κ1) is 15.2.